The maximum absolute atomic E-state index is 13.5. The lowest BCUT2D eigenvalue weighted by atomic mass is 10.1. The summed E-state index contributed by atoms with van der Waals surface area (Å²) in [6.45, 7) is -0.138. The van der Waals surface area contributed by atoms with Crippen LogP contribution in [0, 0.1) is 5.82 Å². The Balaban J connectivity index is 2.98. The normalized spacial score (nSPS) is 13.2. The van der Waals surface area contributed by atoms with Crippen molar-refractivity contribution in [1.29, 1.82) is 0 Å². The first-order chi connectivity index (χ1) is 8.62. The molecule has 3 nitrogen and oxygen atoms in total. The molecule has 0 aliphatic carbocycles. The zero-order valence-electron chi connectivity index (χ0n) is 9.59. The number of hydrogen-bond acceptors (Lipinski definition) is 3. The second-order valence-corrected chi connectivity index (χ2v) is 4.13. The molecular formula is C11H9ClF4O3. The van der Waals surface area contributed by atoms with Gasteiger partial charge >= 0.3 is 6.18 Å². The molecule has 1 N–H and O–H groups in total. The largest absolute Gasteiger partial charge is 0.487 e. The van der Waals surface area contributed by atoms with Gasteiger partial charge in [0.1, 0.15) is 6.61 Å². The maximum atomic E-state index is 13.5. The molecule has 0 aliphatic heterocycles. The number of rotatable bonds is 4. The lowest BCUT2D eigenvalue weighted by Gasteiger charge is -2.17. The van der Waals surface area contributed by atoms with Crippen molar-refractivity contribution < 1.29 is 32.2 Å². The van der Waals surface area contributed by atoms with Crippen LogP contribution in [0.5, 0.6) is 5.75 Å². The van der Waals surface area contributed by atoms with E-state index in [0.29, 0.717) is 0 Å². The fourth-order valence-corrected chi connectivity index (χ4v) is 1.43. The maximum Gasteiger partial charge on any atom is 0.417 e. The van der Waals surface area contributed by atoms with E-state index in [2.05, 4.69) is 4.74 Å². The minimum Gasteiger partial charge on any atom is -0.487 e. The van der Waals surface area contributed by atoms with Gasteiger partial charge in [-0.2, -0.15) is 13.2 Å². The molecule has 19 heavy (non-hydrogen) atoms. The first-order valence-electron chi connectivity index (χ1n) is 5.00. The van der Waals surface area contributed by atoms with Crippen molar-refractivity contribution in [2.75, 3.05) is 6.61 Å². The SMILES string of the molecule is CC(=O)c1cc(Cl)cc(F)c1OCC(O)C(F)(F)F. The second-order valence-electron chi connectivity index (χ2n) is 3.69. The Labute approximate surface area is 110 Å². The summed E-state index contributed by atoms with van der Waals surface area (Å²) in [5.41, 5.74) is -0.292. The number of hydrogen-bond donors (Lipinski definition) is 1. The van der Waals surface area contributed by atoms with Crippen molar-refractivity contribution >= 4 is 17.4 Å². The second kappa shape index (κ2) is 5.75. The molecule has 1 aromatic rings. The van der Waals surface area contributed by atoms with E-state index in [-0.39, 0.29) is 10.6 Å². The molecule has 0 amide bonds. The van der Waals surface area contributed by atoms with Crippen LogP contribution >= 0.6 is 11.6 Å². The van der Waals surface area contributed by atoms with Crippen molar-refractivity contribution in [1.82, 2.24) is 0 Å². The van der Waals surface area contributed by atoms with E-state index in [0.717, 1.165) is 19.1 Å². The van der Waals surface area contributed by atoms with Gasteiger partial charge in [-0.05, 0) is 19.1 Å². The van der Waals surface area contributed by atoms with Crippen LogP contribution in [0.2, 0.25) is 5.02 Å². The van der Waals surface area contributed by atoms with Crippen LogP contribution in [0.15, 0.2) is 12.1 Å². The van der Waals surface area contributed by atoms with Gasteiger partial charge in [-0.25, -0.2) is 4.39 Å². The average Bonchev–Trinajstić information content (AvgIpc) is 2.24. The summed E-state index contributed by atoms with van der Waals surface area (Å²) in [6.07, 6.45) is -7.67. The molecular weight excluding hydrogens is 292 g/mol. The zero-order chi connectivity index (χ0) is 14.8. The third-order valence-corrected chi connectivity index (χ3v) is 2.37. The molecule has 0 heterocycles. The fourth-order valence-electron chi connectivity index (χ4n) is 1.23. The quantitative estimate of drug-likeness (QED) is 0.687. The van der Waals surface area contributed by atoms with E-state index in [1.807, 2.05) is 0 Å². The highest BCUT2D eigenvalue weighted by molar-refractivity contribution is 6.31. The van der Waals surface area contributed by atoms with Gasteiger partial charge in [-0.1, -0.05) is 11.6 Å². The van der Waals surface area contributed by atoms with Crippen LogP contribution in [-0.2, 0) is 0 Å². The van der Waals surface area contributed by atoms with Crippen LogP contribution in [0.25, 0.3) is 0 Å². The monoisotopic (exact) mass is 300 g/mol. The molecule has 0 aromatic heterocycles. The Morgan fingerprint density at radius 3 is 2.53 bits per heavy atom. The number of halogens is 5. The summed E-state index contributed by atoms with van der Waals surface area (Å²) >= 11 is 5.52. The summed E-state index contributed by atoms with van der Waals surface area (Å²) in [6, 6.07) is 1.87. The molecule has 0 radical (unpaired) electrons. The Kier molecular flexibility index (Phi) is 4.75. The topological polar surface area (TPSA) is 46.5 Å². The Morgan fingerprint density at radius 2 is 2.05 bits per heavy atom. The molecule has 1 unspecified atom stereocenters. The number of aliphatic hydroxyl groups is 1. The number of ether oxygens (including phenoxy) is 1. The first-order valence-corrected chi connectivity index (χ1v) is 5.38. The number of benzene rings is 1. The number of Topliss-reactive ketones (excluding diaryl/α,β-unsaturated/α-hetero) is 1. The lowest BCUT2D eigenvalue weighted by molar-refractivity contribution is -0.210. The number of carbonyl (C=O) groups is 1. The number of aliphatic hydroxyl groups excluding tert-OH is 1. The average molecular weight is 301 g/mol. The first kappa shape index (κ1) is 15.7. The molecule has 1 aromatic carbocycles. The molecule has 106 valence electrons. The van der Waals surface area contributed by atoms with E-state index < -0.39 is 36.2 Å². The van der Waals surface area contributed by atoms with Crippen LogP contribution in [-0.4, -0.2) is 29.8 Å². The van der Waals surface area contributed by atoms with E-state index in [9.17, 15) is 22.4 Å². The highest BCUT2D eigenvalue weighted by Gasteiger charge is 2.39. The van der Waals surface area contributed by atoms with Gasteiger partial charge in [0.25, 0.3) is 0 Å². The van der Waals surface area contributed by atoms with E-state index in [4.69, 9.17) is 16.7 Å². The third-order valence-electron chi connectivity index (χ3n) is 2.15. The smallest absolute Gasteiger partial charge is 0.417 e. The summed E-state index contributed by atoms with van der Waals surface area (Å²) in [5.74, 6) is -2.37. The highest BCUT2D eigenvalue weighted by atomic mass is 35.5. The van der Waals surface area contributed by atoms with Gasteiger partial charge in [-0.15, -0.1) is 0 Å². The molecule has 1 atom stereocenters. The molecule has 0 saturated heterocycles. The molecule has 8 heteroatoms. The van der Waals surface area contributed by atoms with E-state index >= 15 is 0 Å². The van der Waals surface area contributed by atoms with Gasteiger partial charge < -0.3 is 9.84 Å². The number of alkyl halides is 3. The van der Waals surface area contributed by atoms with Gasteiger partial charge in [0.05, 0.1) is 5.56 Å². The highest BCUT2D eigenvalue weighted by Crippen LogP contribution is 2.29. The van der Waals surface area contributed by atoms with Crippen molar-refractivity contribution in [2.45, 2.75) is 19.2 Å². The predicted molar refractivity (Wildman–Crippen MR) is 59.0 cm³/mol. The van der Waals surface area contributed by atoms with Gasteiger partial charge in [-0.3, -0.25) is 4.79 Å². The molecule has 0 aliphatic rings. The van der Waals surface area contributed by atoms with Gasteiger partial charge in [0, 0.05) is 5.02 Å². The minimum atomic E-state index is -4.89. The molecule has 0 bridgehead atoms. The van der Waals surface area contributed by atoms with Crippen molar-refractivity contribution in [3.05, 3.63) is 28.5 Å². The van der Waals surface area contributed by atoms with Crippen molar-refractivity contribution in [2.24, 2.45) is 0 Å². The lowest BCUT2D eigenvalue weighted by Crippen LogP contribution is -2.34. The number of carbonyl (C=O) groups excluding carboxylic acids is 1. The number of ketones is 1. The summed E-state index contributed by atoms with van der Waals surface area (Å²) in [7, 11) is 0. The Morgan fingerprint density at radius 1 is 1.47 bits per heavy atom. The van der Waals surface area contributed by atoms with Crippen LogP contribution < -0.4 is 4.74 Å². The Hall–Kier alpha value is -1.34. The van der Waals surface area contributed by atoms with Crippen molar-refractivity contribution in [3.63, 3.8) is 0 Å². The summed E-state index contributed by atoms with van der Waals surface area (Å²) in [5, 5.41) is 8.65. The standard InChI is InChI=1S/C11H9ClF4O3/c1-5(17)7-2-6(12)3-8(13)10(7)19-4-9(18)11(14,15)16/h2-3,9,18H,4H2,1H3. The van der Waals surface area contributed by atoms with E-state index in [1.165, 1.54) is 0 Å². The van der Waals surface area contributed by atoms with Gasteiger partial charge in [0.15, 0.2) is 23.5 Å². The van der Waals surface area contributed by atoms with Crippen LogP contribution in [0.3, 0.4) is 0 Å². The molecule has 0 saturated carbocycles. The van der Waals surface area contributed by atoms with Crippen LogP contribution in [0.4, 0.5) is 17.6 Å². The third kappa shape index (κ3) is 4.07. The molecule has 0 spiro atoms. The predicted octanol–water partition coefficient (Wildman–Crippen LogP) is 2.98. The van der Waals surface area contributed by atoms with E-state index in [1.54, 1.807) is 0 Å². The summed E-state index contributed by atoms with van der Waals surface area (Å²) < 4.78 is 54.2. The zero-order valence-corrected chi connectivity index (χ0v) is 10.3. The van der Waals surface area contributed by atoms with Crippen LogP contribution in [0.1, 0.15) is 17.3 Å². The van der Waals surface area contributed by atoms with Crippen molar-refractivity contribution in [3.8, 4) is 5.75 Å². The minimum absolute atomic E-state index is 0.0913. The molecule has 0 fully saturated rings. The molecule has 1 rings (SSSR count). The Bertz CT molecular complexity index is 488. The fraction of sp³-hybridized carbons (Fsp3) is 0.364. The summed E-state index contributed by atoms with van der Waals surface area (Å²) in [4.78, 5) is 11.2. The van der Waals surface area contributed by atoms with Gasteiger partial charge in [0.2, 0.25) is 0 Å².